The average molecular weight is 167 g/mol. The van der Waals surface area contributed by atoms with Gasteiger partial charge in [-0.3, -0.25) is 4.79 Å². The van der Waals surface area contributed by atoms with E-state index < -0.39 is 5.92 Å². The van der Waals surface area contributed by atoms with E-state index in [4.69, 9.17) is 5.26 Å². The number of likely N-dealkylation sites (tertiary alicyclic amines) is 1. The Bertz CT molecular complexity index is 215. The zero-order chi connectivity index (χ0) is 9.14. The van der Waals surface area contributed by atoms with Gasteiger partial charge in [-0.15, -0.1) is 0 Å². The van der Waals surface area contributed by atoms with Gasteiger partial charge in [0.15, 0.2) is 0 Å². The number of amides is 1. The minimum atomic E-state index is -0.532. The molecule has 1 aliphatic heterocycles. The van der Waals surface area contributed by atoms with Crippen LogP contribution in [0.25, 0.3) is 0 Å². The zero-order valence-electron chi connectivity index (χ0n) is 7.37. The minimum absolute atomic E-state index is 0.157. The van der Waals surface area contributed by atoms with Gasteiger partial charge in [0.25, 0.3) is 0 Å². The minimum Gasteiger partial charge on any atom is -0.350 e. The van der Waals surface area contributed by atoms with Crippen LogP contribution >= 0.6 is 0 Å². The van der Waals surface area contributed by atoms with E-state index in [1.165, 1.54) is 0 Å². The maximum Gasteiger partial charge on any atom is 0.237 e. The molecule has 0 bridgehead atoms. The summed E-state index contributed by atoms with van der Waals surface area (Å²) in [6.07, 6.45) is 0. The monoisotopic (exact) mass is 167 g/mol. The lowest BCUT2D eigenvalue weighted by Crippen LogP contribution is -2.58. The van der Waals surface area contributed by atoms with Crippen molar-refractivity contribution in [3.05, 3.63) is 0 Å². The number of likely N-dealkylation sites (N-methyl/N-ethyl adjacent to an activating group) is 1. The Hall–Kier alpha value is -1.08. The molecule has 1 saturated heterocycles. The summed E-state index contributed by atoms with van der Waals surface area (Å²) in [5, 5.41) is 11.2. The maximum atomic E-state index is 11.1. The van der Waals surface area contributed by atoms with Crippen LogP contribution in [0.5, 0.6) is 0 Å². The van der Waals surface area contributed by atoms with Crippen LogP contribution in [0.3, 0.4) is 0 Å². The molecule has 4 nitrogen and oxygen atoms in total. The number of hydrogen-bond donors (Lipinski definition) is 1. The molecule has 0 spiro atoms. The predicted molar refractivity (Wildman–Crippen MR) is 44.2 cm³/mol. The van der Waals surface area contributed by atoms with Crippen LogP contribution < -0.4 is 5.32 Å². The number of carbonyl (C=O) groups is 1. The van der Waals surface area contributed by atoms with Crippen molar-refractivity contribution in [3.8, 4) is 6.07 Å². The summed E-state index contributed by atoms with van der Waals surface area (Å²) >= 11 is 0. The Morgan fingerprint density at radius 1 is 1.75 bits per heavy atom. The molecule has 1 heterocycles. The standard InChI is InChI=1S/C8H13N3O/c1-6(3-9)8(12)10-7-4-11(2)5-7/h6-7H,4-5H2,1-2H3,(H,10,12). The first-order valence-corrected chi connectivity index (χ1v) is 4.02. The Kier molecular flexibility index (Phi) is 2.66. The van der Waals surface area contributed by atoms with Crippen LogP contribution in [0.2, 0.25) is 0 Å². The van der Waals surface area contributed by atoms with Crippen molar-refractivity contribution in [3.63, 3.8) is 0 Å². The van der Waals surface area contributed by atoms with Gasteiger partial charge in [0, 0.05) is 13.1 Å². The summed E-state index contributed by atoms with van der Waals surface area (Å²) in [5.41, 5.74) is 0. The fourth-order valence-corrected chi connectivity index (χ4v) is 1.18. The van der Waals surface area contributed by atoms with Crippen molar-refractivity contribution >= 4 is 5.91 Å². The lowest BCUT2D eigenvalue weighted by molar-refractivity contribution is -0.124. The molecule has 0 aliphatic carbocycles. The molecule has 1 amide bonds. The van der Waals surface area contributed by atoms with Crippen molar-refractivity contribution < 1.29 is 4.79 Å². The van der Waals surface area contributed by atoms with Crippen LogP contribution in [0.4, 0.5) is 0 Å². The van der Waals surface area contributed by atoms with E-state index in [0.717, 1.165) is 13.1 Å². The van der Waals surface area contributed by atoms with Gasteiger partial charge in [0.2, 0.25) is 5.91 Å². The van der Waals surface area contributed by atoms with E-state index in [0.29, 0.717) is 0 Å². The van der Waals surface area contributed by atoms with Crippen molar-refractivity contribution in [1.82, 2.24) is 10.2 Å². The van der Waals surface area contributed by atoms with Crippen molar-refractivity contribution in [2.24, 2.45) is 5.92 Å². The van der Waals surface area contributed by atoms with Gasteiger partial charge in [-0.25, -0.2) is 0 Å². The second-order valence-corrected chi connectivity index (χ2v) is 3.28. The second kappa shape index (κ2) is 3.55. The fraction of sp³-hybridized carbons (Fsp3) is 0.750. The number of carbonyl (C=O) groups excluding carboxylic acids is 1. The highest BCUT2D eigenvalue weighted by Gasteiger charge is 2.25. The first-order valence-electron chi connectivity index (χ1n) is 4.02. The molecule has 66 valence electrons. The summed E-state index contributed by atoms with van der Waals surface area (Å²) in [4.78, 5) is 13.2. The molecule has 1 rings (SSSR count). The molecule has 0 radical (unpaired) electrons. The molecule has 0 aromatic rings. The molecule has 0 aromatic carbocycles. The van der Waals surface area contributed by atoms with Gasteiger partial charge in [-0.1, -0.05) is 0 Å². The Morgan fingerprint density at radius 2 is 2.33 bits per heavy atom. The molecular weight excluding hydrogens is 154 g/mol. The van der Waals surface area contributed by atoms with Gasteiger partial charge >= 0.3 is 0 Å². The molecule has 0 saturated carbocycles. The average Bonchev–Trinajstić information content (AvgIpc) is 2.00. The van der Waals surface area contributed by atoms with Crippen LogP contribution in [-0.2, 0) is 4.79 Å². The Labute approximate surface area is 72.2 Å². The number of hydrogen-bond acceptors (Lipinski definition) is 3. The molecule has 1 atom stereocenters. The van der Waals surface area contributed by atoms with E-state index in [2.05, 4.69) is 10.2 Å². The topological polar surface area (TPSA) is 56.1 Å². The lowest BCUT2D eigenvalue weighted by Gasteiger charge is -2.36. The second-order valence-electron chi connectivity index (χ2n) is 3.28. The van der Waals surface area contributed by atoms with Gasteiger partial charge in [-0.05, 0) is 14.0 Å². The van der Waals surface area contributed by atoms with E-state index in [1.807, 2.05) is 13.1 Å². The number of rotatable bonds is 2. The van der Waals surface area contributed by atoms with Crippen molar-refractivity contribution in [2.75, 3.05) is 20.1 Å². The highest BCUT2D eigenvalue weighted by molar-refractivity contribution is 5.81. The summed E-state index contributed by atoms with van der Waals surface area (Å²) in [6, 6.07) is 2.15. The van der Waals surface area contributed by atoms with Crippen LogP contribution in [-0.4, -0.2) is 37.0 Å². The first-order chi connectivity index (χ1) is 5.63. The van der Waals surface area contributed by atoms with Gasteiger partial charge in [0.05, 0.1) is 12.1 Å². The summed E-state index contributed by atoms with van der Waals surface area (Å²) in [7, 11) is 2.00. The highest BCUT2D eigenvalue weighted by atomic mass is 16.1. The predicted octanol–water partition coefficient (Wildman–Crippen LogP) is -0.424. The van der Waals surface area contributed by atoms with E-state index in [1.54, 1.807) is 6.92 Å². The van der Waals surface area contributed by atoms with Gasteiger partial charge < -0.3 is 10.2 Å². The van der Waals surface area contributed by atoms with Crippen molar-refractivity contribution in [1.29, 1.82) is 5.26 Å². The third-order valence-corrected chi connectivity index (χ3v) is 2.00. The third-order valence-electron chi connectivity index (χ3n) is 2.00. The number of nitrogens with zero attached hydrogens (tertiary/aromatic N) is 2. The van der Waals surface area contributed by atoms with Crippen LogP contribution in [0, 0.1) is 17.2 Å². The number of nitriles is 1. The molecule has 1 N–H and O–H groups in total. The lowest BCUT2D eigenvalue weighted by atomic mass is 10.1. The largest absolute Gasteiger partial charge is 0.350 e. The Balaban J connectivity index is 2.24. The molecule has 1 aliphatic rings. The molecular formula is C8H13N3O. The summed E-state index contributed by atoms with van der Waals surface area (Å²) in [6.45, 7) is 3.39. The van der Waals surface area contributed by atoms with E-state index >= 15 is 0 Å². The third kappa shape index (κ3) is 1.95. The van der Waals surface area contributed by atoms with Gasteiger partial charge in [-0.2, -0.15) is 5.26 Å². The number of nitrogens with one attached hydrogen (secondary N) is 1. The summed E-state index contributed by atoms with van der Waals surface area (Å²) in [5.74, 6) is -0.688. The van der Waals surface area contributed by atoms with E-state index in [9.17, 15) is 4.79 Å². The maximum absolute atomic E-state index is 11.1. The Morgan fingerprint density at radius 3 is 2.75 bits per heavy atom. The van der Waals surface area contributed by atoms with E-state index in [-0.39, 0.29) is 11.9 Å². The van der Waals surface area contributed by atoms with Crippen molar-refractivity contribution in [2.45, 2.75) is 13.0 Å². The molecule has 4 heteroatoms. The molecule has 0 aromatic heterocycles. The van der Waals surface area contributed by atoms with Crippen LogP contribution in [0.15, 0.2) is 0 Å². The van der Waals surface area contributed by atoms with Crippen LogP contribution in [0.1, 0.15) is 6.92 Å². The molecule has 1 fully saturated rings. The fourth-order valence-electron chi connectivity index (χ4n) is 1.18. The molecule has 12 heavy (non-hydrogen) atoms. The zero-order valence-corrected chi connectivity index (χ0v) is 7.37. The van der Waals surface area contributed by atoms with Gasteiger partial charge in [0.1, 0.15) is 5.92 Å². The molecule has 1 unspecified atom stereocenters. The highest BCUT2D eigenvalue weighted by Crippen LogP contribution is 2.04. The summed E-state index contributed by atoms with van der Waals surface area (Å²) < 4.78 is 0. The first kappa shape index (κ1) is 9.01. The normalized spacial score (nSPS) is 20.8. The smallest absolute Gasteiger partial charge is 0.237 e. The SMILES string of the molecule is CC(C#N)C(=O)NC1CN(C)C1. The quantitative estimate of drug-likeness (QED) is 0.607.